The van der Waals surface area contributed by atoms with Gasteiger partial charge in [0.2, 0.25) is 23.6 Å². The third-order valence-electron chi connectivity index (χ3n) is 10.8. The van der Waals surface area contributed by atoms with Crippen molar-refractivity contribution in [3.63, 3.8) is 0 Å². The van der Waals surface area contributed by atoms with Crippen molar-refractivity contribution in [2.75, 3.05) is 52.6 Å². The zero-order valence-electron chi connectivity index (χ0n) is 35.2. The summed E-state index contributed by atoms with van der Waals surface area (Å²) in [6, 6.07) is -1.64. The molecule has 19 nitrogen and oxygen atoms in total. The molecule has 0 aromatic rings. The van der Waals surface area contributed by atoms with Gasteiger partial charge < -0.3 is 61.3 Å². The lowest BCUT2D eigenvalue weighted by atomic mass is 9.94. The van der Waals surface area contributed by atoms with Crippen molar-refractivity contribution in [1.29, 1.82) is 0 Å². The zero-order valence-corrected chi connectivity index (χ0v) is 35.2. The molecule has 2 fully saturated rings. The second-order valence-corrected chi connectivity index (χ2v) is 15.6. The maximum Gasteiger partial charge on any atom is 0.253 e. The lowest BCUT2D eigenvalue weighted by Crippen LogP contribution is -2.62. The van der Waals surface area contributed by atoms with Crippen molar-refractivity contribution in [3.05, 3.63) is 12.2 Å². The molecule has 342 valence electrons. The average molecular weight is 855 g/mol. The summed E-state index contributed by atoms with van der Waals surface area (Å²) in [5.41, 5.74) is 5.89. The Morgan fingerprint density at radius 1 is 0.800 bits per heavy atom. The number of aliphatic hydroxyl groups excluding tert-OH is 3. The number of imide groups is 1. The van der Waals surface area contributed by atoms with Crippen LogP contribution in [0.1, 0.15) is 116 Å². The predicted molar refractivity (Wildman–Crippen MR) is 217 cm³/mol. The highest BCUT2D eigenvalue weighted by atomic mass is 16.7. The fraction of sp³-hybridized carbons (Fsp3) is 0.805. The third kappa shape index (κ3) is 18.2. The van der Waals surface area contributed by atoms with Gasteiger partial charge in [0.05, 0.1) is 25.9 Å². The molecular formula is C41H70N6O13. The van der Waals surface area contributed by atoms with Gasteiger partial charge in [0.1, 0.15) is 24.4 Å². The standard InChI is InChI=1S/C41H70N6O13/c1-2-3-6-13-29(46-33(51)15-8-12-25-57-40-36(42)38(55)37(54)30(28-48)60-40)39(56)45-21-11-4-7-14-31(49)43-22-26-58-41(19-9-5-10-20-41)59-27-23-44-32(50)18-24-47-34(52)16-17-35(47)53/h16-17,29-30,36-38,40,48,54-55H,2-15,18-28,42H2,1H3,(H,43,49)(H,44,50)(H,45,56)(H,46,51)/t29-,30?,36-,37-,38?,40+/m0/s1. The van der Waals surface area contributed by atoms with Crippen molar-refractivity contribution in [1.82, 2.24) is 26.2 Å². The van der Waals surface area contributed by atoms with Crippen molar-refractivity contribution in [3.8, 4) is 0 Å². The molecular weight excluding hydrogens is 784 g/mol. The van der Waals surface area contributed by atoms with E-state index >= 15 is 0 Å². The first-order chi connectivity index (χ1) is 28.9. The average Bonchev–Trinajstić information content (AvgIpc) is 3.56. The van der Waals surface area contributed by atoms with E-state index in [0.717, 1.165) is 49.8 Å². The van der Waals surface area contributed by atoms with Gasteiger partial charge in [-0.1, -0.05) is 39.0 Å². The van der Waals surface area contributed by atoms with Gasteiger partial charge in [0.15, 0.2) is 12.1 Å². The van der Waals surface area contributed by atoms with Crippen molar-refractivity contribution >= 4 is 35.4 Å². The molecule has 0 spiro atoms. The van der Waals surface area contributed by atoms with Crippen LogP contribution in [0.2, 0.25) is 0 Å². The highest BCUT2D eigenvalue weighted by molar-refractivity contribution is 6.13. The quantitative estimate of drug-likeness (QED) is 0.0267. The normalized spacial score (nSPS) is 23.0. The Balaban J connectivity index is 1.24. The van der Waals surface area contributed by atoms with Crippen LogP contribution in [-0.2, 0) is 47.7 Å². The molecule has 2 aliphatic heterocycles. The Morgan fingerprint density at radius 2 is 1.43 bits per heavy atom. The molecule has 2 heterocycles. The van der Waals surface area contributed by atoms with Gasteiger partial charge >= 0.3 is 0 Å². The minimum atomic E-state index is -1.32. The van der Waals surface area contributed by atoms with E-state index in [2.05, 4.69) is 28.2 Å². The minimum Gasteiger partial charge on any atom is -0.394 e. The van der Waals surface area contributed by atoms with Gasteiger partial charge in [-0.2, -0.15) is 0 Å². The number of aliphatic hydroxyl groups is 3. The molecule has 3 rings (SSSR count). The zero-order chi connectivity index (χ0) is 43.8. The first kappa shape index (κ1) is 50.8. The van der Waals surface area contributed by atoms with Crippen molar-refractivity contribution < 1.29 is 63.0 Å². The summed E-state index contributed by atoms with van der Waals surface area (Å²) in [5.74, 6) is -2.50. The number of nitrogens with two attached hydrogens (primary N) is 1. The number of carbonyl (C=O) groups excluding carboxylic acids is 6. The molecule has 9 N–H and O–H groups in total. The SMILES string of the molecule is CCCCC[C@H](NC(=O)CCCCO[C@@H]1OC(CO)[C@H](O)C(O)[C@@H]1N)C(=O)NCCCCCC(=O)NCCOC1(OCCNC(=O)CCN2C(=O)C=CC2=O)CCCCC1. The number of amides is 6. The molecule has 60 heavy (non-hydrogen) atoms. The lowest BCUT2D eigenvalue weighted by molar-refractivity contribution is -0.265. The van der Waals surface area contributed by atoms with Crippen molar-refractivity contribution in [2.45, 2.75) is 159 Å². The number of nitrogens with zero attached hydrogens (tertiary/aromatic N) is 1. The number of nitrogens with one attached hydrogen (secondary N) is 4. The van der Waals surface area contributed by atoms with Crippen LogP contribution in [0.5, 0.6) is 0 Å². The smallest absolute Gasteiger partial charge is 0.253 e. The fourth-order valence-electron chi connectivity index (χ4n) is 7.21. The molecule has 6 amide bonds. The van der Waals surface area contributed by atoms with Crippen LogP contribution < -0.4 is 27.0 Å². The minimum absolute atomic E-state index is 0.00495. The number of hydrogen-bond donors (Lipinski definition) is 8. The Hall–Kier alpha value is -3.56. The van der Waals surface area contributed by atoms with Gasteiger partial charge in [0, 0.05) is 77.0 Å². The van der Waals surface area contributed by atoms with E-state index in [1.54, 1.807) is 0 Å². The van der Waals surface area contributed by atoms with Gasteiger partial charge in [-0.3, -0.25) is 33.7 Å². The first-order valence-corrected chi connectivity index (χ1v) is 21.8. The molecule has 6 atom stereocenters. The summed E-state index contributed by atoms with van der Waals surface area (Å²) in [5, 5.41) is 40.8. The molecule has 1 saturated heterocycles. The monoisotopic (exact) mass is 855 g/mol. The first-order valence-electron chi connectivity index (χ1n) is 21.8. The number of unbranched alkanes of at least 4 members (excludes halogenated alkanes) is 5. The Morgan fingerprint density at radius 3 is 2.08 bits per heavy atom. The molecule has 3 aliphatic rings. The fourth-order valence-corrected chi connectivity index (χ4v) is 7.21. The van der Waals surface area contributed by atoms with Gasteiger partial charge in [-0.05, 0) is 44.9 Å². The number of carbonyl (C=O) groups is 6. The maximum atomic E-state index is 13.0. The van der Waals surface area contributed by atoms with Crippen LogP contribution >= 0.6 is 0 Å². The van der Waals surface area contributed by atoms with Crippen LogP contribution in [0.15, 0.2) is 12.2 Å². The number of ether oxygens (including phenoxy) is 4. The van der Waals surface area contributed by atoms with Crippen LogP contribution in [0.3, 0.4) is 0 Å². The summed E-state index contributed by atoms with van der Waals surface area (Å²) >= 11 is 0. The predicted octanol–water partition coefficient (Wildman–Crippen LogP) is -0.0776. The van der Waals surface area contributed by atoms with Crippen LogP contribution in [0, 0.1) is 0 Å². The largest absolute Gasteiger partial charge is 0.394 e. The van der Waals surface area contributed by atoms with Crippen LogP contribution in [0.4, 0.5) is 0 Å². The highest BCUT2D eigenvalue weighted by Gasteiger charge is 2.43. The Labute approximate surface area is 353 Å². The second-order valence-electron chi connectivity index (χ2n) is 15.6. The third-order valence-corrected chi connectivity index (χ3v) is 10.8. The summed E-state index contributed by atoms with van der Waals surface area (Å²) in [4.78, 5) is 74.8. The molecule has 1 saturated carbocycles. The van der Waals surface area contributed by atoms with Crippen LogP contribution in [-0.4, -0.2) is 151 Å². The molecule has 0 aromatic carbocycles. The summed E-state index contributed by atoms with van der Waals surface area (Å²) in [6.45, 7) is 3.27. The van der Waals surface area contributed by atoms with Gasteiger partial charge in [0.25, 0.3) is 11.8 Å². The van der Waals surface area contributed by atoms with E-state index < -0.39 is 60.9 Å². The van der Waals surface area contributed by atoms with E-state index in [9.17, 15) is 44.1 Å². The topological polar surface area (TPSA) is 277 Å². The van der Waals surface area contributed by atoms with Gasteiger partial charge in [-0.15, -0.1) is 0 Å². The van der Waals surface area contributed by atoms with E-state index in [1.807, 2.05) is 0 Å². The second kappa shape index (κ2) is 28.1. The highest BCUT2D eigenvalue weighted by Crippen LogP contribution is 2.32. The molecule has 1 aliphatic carbocycles. The molecule has 2 unspecified atom stereocenters. The Bertz CT molecular complexity index is 1360. The molecule has 0 bridgehead atoms. The number of hydrogen-bond acceptors (Lipinski definition) is 14. The molecule has 19 heteroatoms. The molecule has 0 radical (unpaired) electrons. The van der Waals surface area contributed by atoms with Crippen molar-refractivity contribution in [2.24, 2.45) is 5.73 Å². The van der Waals surface area contributed by atoms with E-state index in [1.165, 1.54) is 12.2 Å². The van der Waals surface area contributed by atoms with E-state index in [-0.39, 0.29) is 69.4 Å². The Kier molecular flexibility index (Phi) is 23.8. The molecule has 0 aromatic heterocycles. The maximum absolute atomic E-state index is 13.0. The lowest BCUT2D eigenvalue weighted by Gasteiger charge is -2.40. The number of rotatable bonds is 30. The van der Waals surface area contributed by atoms with E-state index in [0.29, 0.717) is 64.5 Å². The van der Waals surface area contributed by atoms with Gasteiger partial charge in [-0.25, -0.2) is 0 Å². The summed E-state index contributed by atoms with van der Waals surface area (Å²) in [7, 11) is 0. The van der Waals surface area contributed by atoms with E-state index in [4.69, 9.17) is 24.7 Å². The van der Waals surface area contributed by atoms with Crippen LogP contribution in [0.25, 0.3) is 0 Å². The summed E-state index contributed by atoms with van der Waals surface area (Å²) < 4.78 is 23.3. The summed E-state index contributed by atoms with van der Waals surface area (Å²) in [6.07, 6.45) is 8.87.